The molecule has 4 atom stereocenters. The molecular formula is C37H42O7. The number of aliphatic hydroxyl groups is 3. The fourth-order valence-electron chi connectivity index (χ4n) is 9.40. The summed E-state index contributed by atoms with van der Waals surface area (Å²) < 4.78 is 0. The first-order valence-electron chi connectivity index (χ1n) is 15.8. The molecule has 2 aromatic carbocycles. The Balaban J connectivity index is 1.54. The number of carbonyl (C=O) groups excluding carboxylic acids is 3. The molecule has 7 heteroatoms. The Labute approximate surface area is 258 Å². The summed E-state index contributed by atoms with van der Waals surface area (Å²) in [5, 5.41) is 46.5. The molecule has 0 radical (unpaired) electrons. The number of aliphatic hydroxyl groups excluding tert-OH is 2. The Bertz CT molecular complexity index is 1670. The fourth-order valence-corrected chi connectivity index (χ4v) is 9.40. The van der Waals surface area contributed by atoms with Crippen LogP contribution >= 0.6 is 0 Å². The summed E-state index contributed by atoms with van der Waals surface area (Å²) >= 11 is 0. The number of benzene rings is 2. The lowest BCUT2D eigenvalue weighted by Crippen LogP contribution is -2.69. The molecule has 4 aliphatic carbocycles. The maximum atomic E-state index is 14.5. The van der Waals surface area contributed by atoms with Crippen LogP contribution in [0.15, 0.2) is 53.3 Å². The number of hydrogen-bond donors (Lipinski definition) is 4. The van der Waals surface area contributed by atoms with E-state index in [9.17, 15) is 34.8 Å². The normalized spacial score (nSPS) is 30.5. The molecule has 2 saturated carbocycles. The van der Waals surface area contributed by atoms with Crippen LogP contribution in [0.25, 0.3) is 16.9 Å². The Morgan fingerprint density at radius 1 is 1.02 bits per heavy atom. The van der Waals surface area contributed by atoms with Crippen molar-refractivity contribution in [3.8, 4) is 16.9 Å². The lowest BCUT2D eigenvalue weighted by molar-refractivity contribution is -0.178. The first kappa shape index (κ1) is 30.3. The molecule has 0 bridgehead atoms. The number of carbonyl (C=O) groups is 3. The van der Waals surface area contributed by atoms with E-state index in [1.165, 1.54) is 37.3 Å². The van der Waals surface area contributed by atoms with Gasteiger partial charge in [-0.2, -0.15) is 0 Å². The monoisotopic (exact) mass is 598 g/mol. The first-order valence-corrected chi connectivity index (χ1v) is 15.8. The molecule has 44 heavy (non-hydrogen) atoms. The van der Waals surface area contributed by atoms with E-state index < -0.39 is 56.8 Å². The van der Waals surface area contributed by atoms with E-state index in [-0.39, 0.29) is 35.6 Å². The van der Waals surface area contributed by atoms with Gasteiger partial charge < -0.3 is 20.4 Å². The smallest absolute Gasteiger partial charge is 0.203 e. The standard InChI is InChI=1S/C37H42O7/c1-19(2)29-31(40)27(20(3)38)33(42)37(44)34(43)30-32(41)28-25(17-35(30,4)18-36(29,37)5)24(13-14-26(28)39)23-12-8-11-22(16-23)15-21-9-6-7-10-21/h8,11-14,16,19,21,29,39,41-42,44H,6-7,9-10,15,17-18H2,1-5H3/t29?,35-,36-,37+/m1/s1. The Hall–Kier alpha value is -3.71. The van der Waals surface area contributed by atoms with Crippen molar-refractivity contribution in [3.05, 3.63) is 70.0 Å². The molecule has 2 aromatic rings. The number of phenolic OH excluding ortho intramolecular Hbond substituents is 1. The summed E-state index contributed by atoms with van der Waals surface area (Å²) in [6.07, 6.45) is 6.31. The highest BCUT2D eigenvalue weighted by molar-refractivity contribution is 6.24. The number of Topliss-reactive ketones (excluding diaryl/α,β-unsaturated/α-hetero) is 3. The van der Waals surface area contributed by atoms with Gasteiger partial charge in [0.25, 0.3) is 0 Å². The molecule has 0 amide bonds. The van der Waals surface area contributed by atoms with Crippen LogP contribution in [-0.2, 0) is 27.2 Å². The third-order valence-corrected chi connectivity index (χ3v) is 11.1. The van der Waals surface area contributed by atoms with Crippen LogP contribution in [0.3, 0.4) is 0 Å². The van der Waals surface area contributed by atoms with Crippen molar-refractivity contribution in [1.29, 1.82) is 0 Å². The van der Waals surface area contributed by atoms with Crippen molar-refractivity contribution in [2.24, 2.45) is 28.6 Å². The number of fused-ring (bicyclic) bond motifs is 3. The van der Waals surface area contributed by atoms with Gasteiger partial charge in [-0.25, -0.2) is 0 Å². The van der Waals surface area contributed by atoms with Gasteiger partial charge >= 0.3 is 0 Å². The highest BCUT2D eigenvalue weighted by Crippen LogP contribution is 2.65. The van der Waals surface area contributed by atoms with Crippen molar-refractivity contribution < 1.29 is 34.8 Å². The molecule has 0 aromatic heterocycles. The predicted molar refractivity (Wildman–Crippen MR) is 167 cm³/mol. The number of hydrogen-bond acceptors (Lipinski definition) is 7. The largest absolute Gasteiger partial charge is 0.508 e. The Morgan fingerprint density at radius 2 is 1.70 bits per heavy atom. The van der Waals surface area contributed by atoms with Crippen molar-refractivity contribution in [2.45, 2.75) is 85.2 Å². The molecule has 0 aliphatic heterocycles. The van der Waals surface area contributed by atoms with Crippen molar-refractivity contribution in [2.75, 3.05) is 0 Å². The average Bonchev–Trinajstić information content (AvgIpc) is 3.43. The second-order valence-electron chi connectivity index (χ2n) is 14.5. The maximum Gasteiger partial charge on any atom is 0.203 e. The van der Waals surface area contributed by atoms with Crippen molar-refractivity contribution in [1.82, 2.24) is 0 Å². The van der Waals surface area contributed by atoms with Crippen molar-refractivity contribution >= 4 is 23.1 Å². The zero-order valence-corrected chi connectivity index (χ0v) is 26.2. The second kappa shape index (κ2) is 10.2. The van der Waals surface area contributed by atoms with Crippen LogP contribution in [0.4, 0.5) is 0 Å². The molecule has 232 valence electrons. The zero-order valence-electron chi connectivity index (χ0n) is 26.2. The quantitative estimate of drug-likeness (QED) is 0.286. The SMILES string of the molecule is CC(=O)C1=C(O)[C@]2(O)C(=O)C3=C(O)c4c(O)ccc(-c5cccc(CC6CCCC6)c5)c4C[C@]3(C)C[C@]2(C)C(C(C)C)C1=O. The molecule has 4 N–H and O–H groups in total. The number of ketones is 3. The number of phenols is 1. The second-order valence-corrected chi connectivity index (χ2v) is 14.5. The minimum atomic E-state index is -2.61. The summed E-state index contributed by atoms with van der Waals surface area (Å²) in [5.41, 5.74) is -2.02. The van der Waals surface area contributed by atoms with Crippen LogP contribution in [0.1, 0.15) is 83.4 Å². The van der Waals surface area contributed by atoms with E-state index in [0.717, 1.165) is 24.5 Å². The molecular weight excluding hydrogens is 556 g/mol. The summed E-state index contributed by atoms with van der Waals surface area (Å²) in [4.78, 5) is 40.8. The van der Waals surface area contributed by atoms with Gasteiger partial charge in [-0.3, -0.25) is 14.4 Å². The molecule has 0 saturated heterocycles. The lowest BCUT2D eigenvalue weighted by Gasteiger charge is -2.59. The minimum Gasteiger partial charge on any atom is -0.508 e. The van der Waals surface area contributed by atoms with Gasteiger partial charge in [0, 0.05) is 22.3 Å². The highest BCUT2D eigenvalue weighted by atomic mass is 16.3. The van der Waals surface area contributed by atoms with E-state index in [1.54, 1.807) is 20.8 Å². The third kappa shape index (κ3) is 4.08. The van der Waals surface area contributed by atoms with Crippen LogP contribution in [0.2, 0.25) is 0 Å². The number of allylic oxidation sites excluding steroid dienone is 1. The molecule has 4 aliphatic rings. The summed E-state index contributed by atoms with van der Waals surface area (Å²) in [6, 6.07) is 11.7. The lowest BCUT2D eigenvalue weighted by atomic mass is 9.43. The molecule has 7 nitrogen and oxygen atoms in total. The number of aromatic hydroxyl groups is 1. The van der Waals surface area contributed by atoms with Gasteiger partial charge in [0.1, 0.15) is 22.8 Å². The molecule has 0 spiro atoms. The third-order valence-electron chi connectivity index (χ3n) is 11.1. The maximum absolute atomic E-state index is 14.5. The van der Waals surface area contributed by atoms with Gasteiger partial charge in [-0.1, -0.05) is 83.7 Å². The van der Waals surface area contributed by atoms with Gasteiger partial charge in [0.2, 0.25) is 5.78 Å². The predicted octanol–water partition coefficient (Wildman–Crippen LogP) is 6.59. The van der Waals surface area contributed by atoms with Crippen LogP contribution < -0.4 is 0 Å². The minimum absolute atomic E-state index is 0.0712. The summed E-state index contributed by atoms with van der Waals surface area (Å²) in [5.74, 6) is -4.52. The van der Waals surface area contributed by atoms with E-state index in [0.29, 0.717) is 11.5 Å². The molecule has 6 rings (SSSR count). The first-order chi connectivity index (χ1) is 20.7. The van der Waals surface area contributed by atoms with Crippen LogP contribution in [0.5, 0.6) is 5.75 Å². The Morgan fingerprint density at radius 3 is 2.34 bits per heavy atom. The van der Waals surface area contributed by atoms with E-state index in [1.807, 2.05) is 25.1 Å². The van der Waals surface area contributed by atoms with E-state index >= 15 is 0 Å². The fraction of sp³-hybridized carbons (Fsp3) is 0.486. The van der Waals surface area contributed by atoms with Crippen molar-refractivity contribution in [3.63, 3.8) is 0 Å². The molecule has 1 unspecified atom stereocenters. The summed E-state index contributed by atoms with van der Waals surface area (Å²) in [7, 11) is 0. The van der Waals surface area contributed by atoms with Crippen LogP contribution in [-0.4, -0.2) is 43.4 Å². The topological polar surface area (TPSA) is 132 Å². The molecule has 0 heterocycles. The van der Waals surface area contributed by atoms with E-state index in [4.69, 9.17) is 0 Å². The van der Waals surface area contributed by atoms with Crippen LogP contribution in [0, 0.1) is 28.6 Å². The van der Waals surface area contributed by atoms with Gasteiger partial charge in [0.05, 0.1) is 5.56 Å². The summed E-state index contributed by atoms with van der Waals surface area (Å²) in [6.45, 7) is 8.19. The van der Waals surface area contributed by atoms with Gasteiger partial charge in [0.15, 0.2) is 17.2 Å². The zero-order chi connectivity index (χ0) is 31.9. The molecule has 2 fully saturated rings. The van der Waals surface area contributed by atoms with Gasteiger partial charge in [-0.15, -0.1) is 0 Å². The number of rotatable bonds is 5. The highest BCUT2D eigenvalue weighted by Gasteiger charge is 2.72. The van der Waals surface area contributed by atoms with E-state index in [2.05, 4.69) is 12.1 Å². The Kier molecular flexibility index (Phi) is 7.00. The average molecular weight is 599 g/mol. The van der Waals surface area contributed by atoms with Gasteiger partial charge in [-0.05, 0) is 66.3 Å².